The Hall–Kier alpha value is -4.35. The number of nitrogens with one attached hydrogen (secondary N) is 2. The molecule has 0 radical (unpaired) electrons. The van der Waals surface area contributed by atoms with E-state index in [0.717, 1.165) is 11.8 Å². The maximum absolute atomic E-state index is 13.0. The highest BCUT2D eigenvalue weighted by molar-refractivity contribution is 6.35. The van der Waals surface area contributed by atoms with Crippen molar-refractivity contribution in [1.82, 2.24) is 10.7 Å². The van der Waals surface area contributed by atoms with Gasteiger partial charge in [-0.2, -0.15) is 5.10 Å². The Kier molecular flexibility index (Phi) is 12.2. The van der Waals surface area contributed by atoms with Gasteiger partial charge in [-0.05, 0) is 49.1 Å². The molecule has 0 aliphatic heterocycles. The van der Waals surface area contributed by atoms with E-state index in [1.807, 2.05) is 44.2 Å². The van der Waals surface area contributed by atoms with Crippen LogP contribution in [-0.2, 0) is 16.2 Å². The quantitative estimate of drug-likeness (QED) is 0.128. The Morgan fingerprint density at radius 2 is 1.72 bits per heavy atom. The molecule has 0 fully saturated rings. The zero-order chi connectivity index (χ0) is 31.5. The molecule has 0 saturated carbocycles. The summed E-state index contributed by atoms with van der Waals surface area (Å²) in [4.78, 5) is 37.1. The van der Waals surface area contributed by atoms with E-state index in [0.29, 0.717) is 11.4 Å². The Labute approximate surface area is 259 Å². The summed E-state index contributed by atoms with van der Waals surface area (Å²) in [7, 11) is 1.41. The fourth-order valence-corrected chi connectivity index (χ4v) is 4.34. The number of nitro benzene ring substituents is 1. The van der Waals surface area contributed by atoms with E-state index >= 15 is 0 Å². The number of hydrogen-bond acceptors (Lipinski definition) is 8. The van der Waals surface area contributed by atoms with Crippen LogP contribution in [0.25, 0.3) is 0 Å². The van der Waals surface area contributed by atoms with E-state index in [9.17, 15) is 19.7 Å². The van der Waals surface area contributed by atoms with Crippen LogP contribution in [-0.4, -0.2) is 42.2 Å². The van der Waals surface area contributed by atoms with Gasteiger partial charge in [0.1, 0.15) is 18.4 Å². The predicted molar refractivity (Wildman–Crippen MR) is 164 cm³/mol. The number of hydrogen-bond donors (Lipinski definition) is 2. The third kappa shape index (κ3) is 9.86. The molecule has 3 aromatic carbocycles. The fraction of sp³-hybridized carbons (Fsp3) is 0.300. The standard InChI is InChI=1S/C30H32Cl2N4O7/c1-18(2)12-24(34-29(37)19(3)43-26-11-10-22(31)14-23(26)32)30(38)35-33-16-21-13-27(41-4)28(15-25(21)36(39)40)42-17-20-8-6-5-7-9-20/h5-11,13-16,18-19,24H,12,17H2,1-4H3,(H,34,37)(H,35,38)/b33-16-/t19-,24+/m0/s1. The molecule has 0 heterocycles. The molecular weight excluding hydrogens is 599 g/mol. The van der Waals surface area contributed by atoms with Gasteiger partial charge in [0.05, 0.1) is 34.9 Å². The van der Waals surface area contributed by atoms with Crippen LogP contribution in [0.2, 0.25) is 10.0 Å². The number of methoxy groups -OCH3 is 1. The number of hydrazone groups is 1. The SMILES string of the molecule is COc1cc(/C=N\NC(=O)[C@@H](CC(C)C)NC(=O)[C@H](C)Oc2ccc(Cl)cc2Cl)c([N+](=O)[O-])cc1OCc1ccccc1. The number of rotatable bonds is 14. The van der Waals surface area contributed by atoms with Gasteiger partial charge in [0, 0.05) is 5.02 Å². The van der Waals surface area contributed by atoms with Gasteiger partial charge in [0.2, 0.25) is 0 Å². The molecule has 0 bridgehead atoms. The van der Waals surface area contributed by atoms with Crippen molar-refractivity contribution >= 4 is 46.9 Å². The molecule has 11 nitrogen and oxygen atoms in total. The first-order valence-electron chi connectivity index (χ1n) is 13.3. The lowest BCUT2D eigenvalue weighted by Gasteiger charge is -2.22. The van der Waals surface area contributed by atoms with Gasteiger partial charge in [-0.15, -0.1) is 0 Å². The van der Waals surface area contributed by atoms with Crippen LogP contribution >= 0.6 is 23.2 Å². The van der Waals surface area contributed by atoms with E-state index in [4.69, 9.17) is 37.4 Å². The number of carbonyl (C=O) groups excluding carboxylic acids is 2. The molecule has 228 valence electrons. The molecule has 2 amide bonds. The number of nitrogens with zero attached hydrogens (tertiary/aromatic N) is 2. The highest BCUT2D eigenvalue weighted by Crippen LogP contribution is 2.34. The van der Waals surface area contributed by atoms with Gasteiger partial charge in [0.15, 0.2) is 17.6 Å². The van der Waals surface area contributed by atoms with Crippen LogP contribution < -0.4 is 25.0 Å². The van der Waals surface area contributed by atoms with E-state index < -0.39 is 28.9 Å². The second kappa shape index (κ2) is 15.8. The zero-order valence-electron chi connectivity index (χ0n) is 24.0. The first-order chi connectivity index (χ1) is 20.5. The number of benzene rings is 3. The number of amides is 2. The fourth-order valence-electron chi connectivity index (χ4n) is 3.88. The topological polar surface area (TPSA) is 141 Å². The summed E-state index contributed by atoms with van der Waals surface area (Å²) in [6.45, 7) is 5.47. The molecular formula is C30H32Cl2N4O7. The molecule has 3 rings (SSSR count). The van der Waals surface area contributed by atoms with Gasteiger partial charge in [0.25, 0.3) is 17.5 Å². The molecule has 0 aliphatic carbocycles. The summed E-state index contributed by atoms with van der Waals surface area (Å²) in [6.07, 6.45) is 0.438. The number of ether oxygens (including phenoxy) is 3. The summed E-state index contributed by atoms with van der Waals surface area (Å²) < 4.78 is 16.8. The summed E-state index contributed by atoms with van der Waals surface area (Å²) in [5.41, 5.74) is 2.99. The van der Waals surface area contributed by atoms with E-state index in [2.05, 4.69) is 15.8 Å². The van der Waals surface area contributed by atoms with Crippen molar-refractivity contribution in [2.45, 2.75) is 45.9 Å². The molecule has 13 heteroatoms. The smallest absolute Gasteiger partial charge is 0.282 e. The molecule has 2 atom stereocenters. The molecule has 0 unspecified atom stereocenters. The highest BCUT2D eigenvalue weighted by Gasteiger charge is 2.26. The van der Waals surface area contributed by atoms with Crippen LogP contribution in [0.4, 0.5) is 5.69 Å². The largest absolute Gasteiger partial charge is 0.493 e. The summed E-state index contributed by atoms with van der Waals surface area (Å²) in [6, 6.07) is 15.6. The van der Waals surface area contributed by atoms with Gasteiger partial charge < -0.3 is 19.5 Å². The van der Waals surface area contributed by atoms with Crippen LogP contribution in [0.1, 0.15) is 38.3 Å². The first-order valence-corrected chi connectivity index (χ1v) is 14.0. The molecule has 3 aromatic rings. The minimum Gasteiger partial charge on any atom is -0.493 e. The monoisotopic (exact) mass is 630 g/mol. The molecule has 43 heavy (non-hydrogen) atoms. The normalized spacial score (nSPS) is 12.4. The Balaban J connectivity index is 1.71. The molecule has 0 saturated heterocycles. The summed E-state index contributed by atoms with van der Waals surface area (Å²) in [5.74, 6) is -0.452. The third-order valence-electron chi connectivity index (χ3n) is 6.03. The zero-order valence-corrected chi connectivity index (χ0v) is 25.5. The van der Waals surface area contributed by atoms with Crippen LogP contribution in [0.5, 0.6) is 17.2 Å². The van der Waals surface area contributed by atoms with Crippen LogP contribution in [0, 0.1) is 16.0 Å². The average molecular weight is 632 g/mol. The van der Waals surface area contributed by atoms with Crippen LogP contribution in [0.3, 0.4) is 0 Å². The van der Waals surface area contributed by atoms with E-state index in [1.165, 1.54) is 38.3 Å². The average Bonchev–Trinajstić information content (AvgIpc) is 2.97. The van der Waals surface area contributed by atoms with Crippen LogP contribution in [0.15, 0.2) is 65.8 Å². The second-order valence-corrected chi connectivity index (χ2v) is 10.7. The second-order valence-electron chi connectivity index (χ2n) is 9.85. The highest BCUT2D eigenvalue weighted by atomic mass is 35.5. The maximum atomic E-state index is 13.0. The number of carbonyl (C=O) groups is 2. The van der Waals surface area contributed by atoms with Crippen molar-refractivity contribution < 1.29 is 28.7 Å². The number of halogens is 2. The van der Waals surface area contributed by atoms with Gasteiger partial charge in [-0.3, -0.25) is 19.7 Å². The van der Waals surface area contributed by atoms with Gasteiger partial charge in [-0.1, -0.05) is 67.4 Å². The van der Waals surface area contributed by atoms with Gasteiger partial charge in [-0.25, -0.2) is 5.43 Å². The Bertz CT molecular complexity index is 1470. The lowest BCUT2D eigenvalue weighted by molar-refractivity contribution is -0.385. The van der Waals surface area contributed by atoms with Crippen molar-refractivity contribution in [3.05, 3.63) is 92.0 Å². The van der Waals surface area contributed by atoms with Crippen molar-refractivity contribution in [1.29, 1.82) is 0 Å². The molecule has 0 spiro atoms. The Morgan fingerprint density at radius 1 is 1.00 bits per heavy atom. The summed E-state index contributed by atoms with van der Waals surface area (Å²) >= 11 is 12.0. The van der Waals surface area contributed by atoms with Crippen molar-refractivity contribution in [3.63, 3.8) is 0 Å². The van der Waals surface area contributed by atoms with E-state index in [1.54, 1.807) is 6.07 Å². The molecule has 2 N–H and O–H groups in total. The minimum absolute atomic E-state index is 0.0377. The summed E-state index contributed by atoms with van der Waals surface area (Å²) in [5, 5.41) is 19.0. The lowest BCUT2D eigenvalue weighted by Crippen LogP contribution is -2.49. The Morgan fingerprint density at radius 3 is 2.35 bits per heavy atom. The van der Waals surface area contributed by atoms with E-state index in [-0.39, 0.29) is 46.0 Å². The molecule has 0 aliphatic rings. The lowest BCUT2D eigenvalue weighted by atomic mass is 10.0. The molecule has 0 aromatic heterocycles. The first kappa shape index (κ1) is 33.2. The third-order valence-corrected chi connectivity index (χ3v) is 6.56. The minimum atomic E-state index is -0.984. The maximum Gasteiger partial charge on any atom is 0.282 e. The predicted octanol–water partition coefficient (Wildman–Crippen LogP) is 5.94. The van der Waals surface area contributed by atoms with Crippen molar-refractivity contribution in [3.8, 4) is 17.2 Å². The van der Waals surface area contributed by atoms with Gasteiger partial charge >= 0.3 is 0 Å². The van der Waals surface area contributed by atoms with Crippen molar-refractivity contribution in [2.75, 3.05) is 7.11 Å². The number of nitro groups is 1. The van der Waals surface area contributed by atoms with Crippen molar-refractivity contribution in [2.24, 2.45) is 11.0 Å².